The number of carboxylic acids is 3. The molecule has 0 rings (SSSR count). The van der Waals surface area contributed by atoms with Crippen molar-refractivity contribution in [3.63, 3.8) is 0 Å². The summed E-state index contributed by atoms with van der Waals surface area (Å²) in [6.07, 6.45) is 31.8. The normalized spacial score (nSPS) is 11.2. The molecule has 8 heteroatoms. The number of rotatable bonds is 29. The number of hydrogen-bond acceptors (Lipinski definition) is 5. The molecular weight excluding hydrogens is 512 g/mol. The molecule has 0 aromatic heterocycles. The Morgan fingerprint density at radius 1 is 0.450 bits per heavy atom. The van der Waals surface area contributed by atoms with Crippen LogP contribution in [0, 0.1) is 0 Å². The monoisotopic (exact) mass is 574 g/mol. The van der Waals surface area contributed by atoms with Crippen molar-refractivity contribution in [2.24, 2.45) is 0 Å². The van der Waals surface area contributed by atoms with Crippen molar-refractivity contribution in [1.82, 2.24) is 0 Å². The van der Waals surface area contributed by atoms with Crippen LogP contribution in [0.3, 0.4) is 0 Å². The van der Waals surface area contributed by atoms with E-state index in [9.17, 15) is 14.4 Å². The lowest BCUT2D eigenvalue weighted by molar-refractivity contribution is -0.170. The molecule has 238 valence electrons. The maximum absolute atomic E-state index is 10.3. The van der Waals surface area contributed by atoms with E-state index in [1.54, 1.807) is 0 Å². The molecule has 0 unspecified atom stereocenters. The minimum absolute atomic E-state index is 0.374. The number of aliphatic carboxylic acids is 3. The number of hydrogen-bond donors (Lipinski definition) is 5. The first-order chi connectivity index (χ1) is 19.2. The second-order valence-electron chi connectivity index (χ2n) is 11.3. The molecule has 8 nitrogen and oxygen atoms in total. The zero-order valence-corrected chi connectivity index (χ0v) is 25.6. The van der Waals surface area contributed by atoms with E-state index in [2.05, 4.69) is 6.92 Å². The lowest BCUT2D eigenvalue weighted by Crippen LogP contribution is -2.42. The fourth-order valence-electron chi connectivity index (χ4n) is 4.79. The Kier molecular flexibility index (Phi) is 30.6. The highest BCUT2D eigenvalue weighted by Crippen LogP contribution is 2.17. The summed E-state index contributed by atoms with van der Waals surface area (Å²) in [5.41, 5.74) is -2.74. The Morgan fingerprint density at radius 3 is 0.850 bits per heavy atom. The summed E-state index contributed by atoms with van der Waals surface area (Å²) in [4.78, 5) is 30.5. The average Bonchev–Trinajstić information content (AvgIpc) is 2.88. The third kappa shape index (κ3) is 30.9. The van der Waals surface area contributed by atoms with Crippen LogP contribution in [0.2, 0.25) is 0 Å². The molecule has 0 saturated carbocycles. The predicted molar refractivity (Wildman–Crippen MR) is 161 cm³/mol. The van der Waals surface area contributed by atoms with Gasteiger partial charge in [-0.05, 0) is 6.42 Å². The summed E-state index contributed by atoms with van der Waals surface area (Å²) in [6, 6.07) is 0. The van der Waals surface area contributed by atoms with Crippen LogP contribution in [0.4, 0.5) is 0 Å². The Morgan fingerprint density at radius 2 is 0.675 bits per heavy atom. The van der Waals surface area contributed by atoms with Gasteiger partial charge in [0.15, 0.2) is 5.60 Å². The zero-order valence-electron chi connectivity index (χ0n) is 25.6. The Labute approximate surface area is 244 Å². The SMILES string of the molecule is CCCCCCCCCCCCCCCCCCCCCCCCCCO.O=C(O)CC(O)(CC(=O)O)C(=O)O. The van der Waals surface area contributed by atoms with E-state index in [1.165, 1.54) is 148 Å². The van der Waals surface area contributed by atoms with E-state index >= 15 is 0 Å². The Bertz CT molecular complexity index is 553. The van der Waals surface area contributed by atoms with E-state index < -0.39 is 36.4 Å². The van der Waals surface area contributed by atoms with Gasteiger partial charge in [0.25, 0.3) is 0 Å². The van der Waals surface area contributed by atoms with Crippen LogP contribution in [-0.4, -0.2) is 55.6 Å². The molecule has 0 aromatic rings. The largest absolute Gasteiger partial charge is 0.481 e. The molecular formula is C32H62O8. The lowest BCUT2D eigenvalue weighted by atomic mass is 9.96. The molecule has 0 atom stereocenters. The molecule has 0 aliphatic rings. The van der Waals surface area contributed by atoms with Crippen molar-refractivity contribution in [3.8, 4) is 0 Å². The fraction of sp³-hybridized carbons (Fsp3) is 0.906. The van der Waals surface area contributed by atoms with E-state index in [1.807, 2.05) is 0 Å². The van der Waals surface area contributed by atoms with Gasteiger partial charge in [0, 0.05) is 6.61 Å². The standard InChI is InChI=1S/C26H54O.C6H8O7/c1-2-3-4-5-6-7-8-9-10-11-12-13-14-15-16-17-18-19-20-21-22-23-24-25-26-27;7-3(8)1-6(13,5(11)12)2-4(9)10/h27H,2-26H2,1H3;13H,1-2H2,(H,7,8)(H,9,10)(H,11,12). The number of unbranched alkanes of at least 4 members (excludes halogenated alkanes) is 23. The van der Waals surface area contributed by atoms with Gasteiger partial charge in [0.05, 0.1) is 12.8 Å². The van der Waals surface area contributed by atoms with Crippen LogP contribution in [0.25, 0.3) is 0 Å². The van der Waals surface area contributed by atoms with Crippen molar-refractivity contribution in [2.45, 2.75) is 179 Å². The Hall–Kier alpha value is -1.67. The summed E-state index contributed by atoms with van der Waals surface area (Å²) >= 11 is 0. The predicted octanol–water partition coefficient (Wildman–Crippen LogP) is 8.11. The van der Waals surface area contributed by atoms with Gasteiger partial charge in [0.1, 0.15) is 0 Å². The van der Waals surface area contributed by atoms with Crippen LogP contribution >= 0.6 is 0 Å². The summed E-state index contributed by atoms with van der Waals surface area (Å²) in [5.74, 6) is -5.02. The molecule has 40 heavy (non-hydrogen) atoms. The molecule has 0 spiro atoms. The van der Waals surface area contributed by atoms with Crippen LogP contribution in [0.1, 0.15) is 174 Å². The number of aliphatic hydroxyl groups excluding tert-OH is 1. The van der Waals surface area contributed by atoms with Crippen LogP contribution in [0.5, 0.6) is 0 Å². The van der Waals surface area contributed by atoms with Crippen LogP contribution in [0.15, 0.2) is 0 Å². The third-order valence-electron chi connectivity index (χ3n) is 7.30. The van der Waals surface area contributed by atoms with Gasteiger partial charge >= 0.3 is 17.9 Å². The molecule has 0 amide bonds. The number of carboxylic acid groups (broad SMARTS) is 3. The highest BCUT2D eigenvalue weighted by Gasteiger charge is 2.40. The summed E-state index contributed by atoms with van der Waals surface area (Å²) < 4.78 is 0. The van der Waals surface area contributed by atoms with Gasteiger partial charge in [0.2, 0.25) is 0 Å². The summed E-state index contributed by atoms with van der Waals surface area (Å²) in [7, 11) is 0. The summed E-state index contributed by atoms with van der Waals surface area (Å²) in [5, 5.41) is 42.5. The smallest absolute Gasteiger partial charge is 0.336 e. The molecule has 0 bridgehead atoms. The molecule has 0 aliphatic heterocycles. The molecule has 0 aliphatic carbocycles. The van der Waals surface area contributed by atoms with Crippen molar-refractivity contribution < 1.29 is 39.9 Å². The highest BCUT2D eigenvalue weighted by atomic mass is 16.4. The molecule has 5 N–H and O–H groups in total. The second-order valence-corrected chi connectivity index (χ2v) is 11.3. The van der Waals surface area contributed by atoms with Crippen molar-refractivity contribution >= 4 is 17.9 Å². The lowest BCUT2D eigenvalue weighted by Gasteiger charge is -2.18. The third-order valence-corrected chi connectivity index (χ3v) is 7.30. The van der Waals surface area contributed by atoms with Crippen LogP contribution < -0.4 is 0 Å². The van der Waals surface area contributed by atoms with Crippen molar-refractivity contribution in [1.29, 1.82) is 0 Å². The maximum Gasteiger partial charge on any atom is 0.336 e. The molecule has 0 radical (unpaired) electrons. The topological polar surface area (TPSA) is 152 Å². The van der Waals surface area contributed by atoms with E-state index in [4.69, 9.17) is 25.5 Å². The maximum atomic E-state index is 10.3. The van der Waals surface area contributed by atoms with Gasteiger partial charge in [-0.1, -0.05) is 155 Å². The second kappa shape index (κ2) is 30.3. The number of carbonyl (C=O) groups is 3. The first-order valence-electron chi connectivity index (χ1n) is 16.2. The first-order valence-corrected chi connectivity index (χ1v) is 16.2. The van der Waals surface area contributed by atoms with E-state index in [0.29, 0.717) is 6.61 Å². The Balaban J connectivity index is 0. The van der Waals surface area contributed by atoms with Crippen molar-refractivity contribution in [3.05, 3.63) is 0 Å². The van der Waals surface area contributed by atoms with Gasteiger partial charge in [-0.25, -0.2) is 4.79 Å². The molecule has 0 heterocycles. The van der Waals surface area contributed by atoms with Gasteiger partial charge < -0.3 is 25.5 Å². The van der Waals surface area contributed by atoms with Crippen LogP contribution in [-0.2, 0) is 14.4 Å². The molecule has 0 aromatic carbocycles. The fourth-order valence-corrected chi connectivity index (χ4v) is 4.79. The van der Waals surface area contributed by atoms with E-state index in [-0.39, 0.29) is 0 Å². The average molecular weight is 575 g/mol. The quantitative estimate of drug-likeness (QED) is 0.0561. The minimum Gasteiger partial charge on any atom is -0.481 e. The van der Waals surface area contributed by atoms with Crippen molar-refractivity contribution in [2.75, 3.05) is 6.61 Å². The van der Waals surface area contributed by atoms with Gasteiger partial charge in [-0.3, -0.25) is 9.59 Å². The summed E-state index contributed by atoms with van der Waals surface area (Å²) in [6.45, 7) is 2.67. The zero-order chi connectivity index (χ0) is 30.3. The highest BCUT2D eigenvalue weighted by molar-refractivity contribution is 5.88. The number of aliphatic hydroxyl groups is 2. The van der Waals surface area contributed by atoms with E-state index in [0.717, 1.165) is 6.42 Å². The first kappa shape index (κ1) is 40.5. The minimum atomic E-state index is -2.74. The molecule has 0 fully saturated rings. The van der Waals surface area contributed by atoms with Gasteiger partial charge in [-0.2, -0.15) is 0 Å². The molecule has 0 saturated heterocycles. The van der Waals surface area contributed by atoms with Gasteiger partial charge in [-0.15, -0.1) is 0 Å².